The smallest absolute Gasteiger partial charge is 0.387 e. The van der Waals surface area contributed by atoms with Gasteiger partial charge in [-0.05, 0) is 55.7 Å². The van der Waals surface area contributed by atoms with Crippen molar-refractivity contribution in [2.45, 2.75) is 56.8 Å². The van der Waals surface area contributed by atoms with E-state index < -0.39 is 6.61 Å². The van der Waals surface area contributed by atoms with E-state index in [1.807, 2.05) is 0 Å². The molecule has 0 radical (unpaired) electrons. The number of ether oxygens (including phenoxy) is 3. The van der Waals surface area contributed by atoms with Crippen LogP contribution in [0.1, 0.15) is 44.1 Å². The SMILES string of the molecule is FC(F)Oc1ccc(C2=NOC3(CCOC3)C2)cc1OC1CC2CCC1C2. The first-order valence-corrected chi connectivity index (χ1v) is 9.69. The number of oxime groups is 1. The highest BCUT2D eigenvalue weighted by Crippen LogP contribution is 2.47. The number of halogens is 2. The minimum absolute atomic E-state index is 0.0787. The summed E-state index contributed by atoms with van der Waals surface area (Å²) < 4.78 is 42.0. The fourth-order valence-electron chi connectivity index (χ4n) is 4.94. The quantitative estimate of drug-likeness (QED) is 0.772. The van der Waals surface area contributed by atoms with Crippen LogP contribution in [0, 0.1) is 11.8 Å². The highest BCUT2D eigenvalue weighted by Gasteiger charge is 2.44. The van der Waals surface area contributed by atoms with Gasteiger partial charge in [0.2, 0.25) is 0 Å². The number of alkyl halides is 2. The van der Waals surface area contributed by atoms with Gasteiger partial charge in [0.25, 0.3) is 0 Å². The lowest BCUT2D eigenvalue weighted by atomic mass is 9.93. The van der Waals surface area contributed by atoms with Crippen LogP contribution in [-0.2, 0) is 9.57 Å². The zero-order valence-corrected chi connectivity index (χ0v) is 15.0. The van der Waals surface area contributed by atoms with E-state index in [2.05, 4.69) is 5.16 Å². The number of hydrogen-bond acceptors (Lipinski definition) is 5. The summed E-state index contributed by atoms with van der Waals surface area (Å²) in [6, 6.07) is 5.05. The molecule has 5 rings (SSSR count). The van der Waals surface area contributed by atoms with Gasteiger partial charge >= 0.3 is 6.61 Å². The zero-order valence-electron chi connectivity index (χ0n) is 15.0. The van der Waals surface area contributed by atoms with Gasteiger partial charge in [0.1, 0.15) is 6.10 Å². The summed E-state index contributed by atoms with van der Waals surface area (Å²) >= 11 is 0. The topological polar surface area (TPSA) is 49.3 Å². The zero-order chi connectivity index (χ0) is 18.4. The molecule has 2 aliphatic heterocycles. The second-order valence-electron chi connectivity index (χ2n) is 8.16. The molecule has 2 aliphatic carbocycles. The lowest BCUT2D eigenvalue weighted by molar-refractivity contribution is -0.0524. The van der Waals surface area contributed by atoms with Gasteiger partial charge in [-0.15, -0.1) is 0 Å². The predicted octanol–water partition coefficient (Wildman–Crippen LogP) is 4.14. The van der Waals surface area contributed by atoms with Crippen molar-refractivity contribution >= 4 is 5.71 Å². The minimum atomic E-state index is -2.88. The highest BCUT2D eigenvalue weighted by molar-refractivity contribution is 6.02. The molecule has 4 atom stereocenters. The van der Waals surface area contributed by atoms with Crippen molar-refractivity contribution in [3.63, 3.8) is 0 Å². The Hall–Kier alpha value is -1.89. The fourth-order valence-corrected chi connectivity index (χ4v) is 4.94. The Bertz CT molecular complexity index is 747. The normalized spacial score (nSPS) is 34.3. The summed E-state index contributed by atoms with van der Waals surface area (Å²) in [5, 5.41) is 4.24. The molecule has 27 heavy (non-hydrogen) atoms. The molecule has 2 heterocycles. The van der Waals surface area contributed by atoms with Gasteiger partial charge in [0.05, 0.1) is 18.9 Å². The summed E-state index contributed by atoms with van der Waals surface area (Å²) in [6.07, 6.45) is 6.12. The molecule has 0 N–H and O–H groups in total. The Labute approximate surface area is 156 Å². The molecule has 2 bridgehead atoms. The van der Waals surface area contributed by atoms with E-state index in [0.717, 1.165) is 30.5 Å². The number of hydrogen-bond donors (Lipinski definition) is 0. The summed E-state index contributed by atoms with van der Waals surface area (Å²) in [7, 11) is 0. The first-order chi connectivity index (χ1) is 13.1. The summed E-state index contributed by atoms with van der Waals surface area (Å²) in [6.45, 7) is -1.69. The van der Waals surface area contributed by atoms with Crippen molar-refractivity contribution in [1.82, 2.24) is 0 Å². The third kappa shape index (κ3) is 3.26. The van der Waals surface area contributed by atoms with Crippen LogP contribution in [0.3, 0.4) is 0 Å². The van der Waals surface area contributed by atoms with Crippen LogP contribution in [0.25, 0.3) is 0 Å². The first-order valence-electron chi connectivity index (χ1n) is 9.69. The molecule has 7 heteroatoms. The molecule has 3 fully saturated rings. The van der Waals surface area contributed by atoms with Crippen molar-refractivity contribution in [2.75, 3.05) is 13.2 Å². The predicted molar refractivity (Wildman–Crippen MR) is 93.3 cm³/mol. The molecule has 0 amide bonds. The van der Waals surface area contributed by atoms with Crippen molar-refractivity contribution in [1.29, 1.82) is 0 Å². The van der Waals surface area contributed by atoms with Gasteiger partial charge in [-0.3, -0.25) is 0 Å². The molecule has 0 aromatic heterocycles. The Morgan fingerprint density at radius 3 is 2.81 bits per heavy atom. The largest absolute Gasteiger partial charge is 0.486 e. The average molecular weight is 379 g/mol. The molecule has 2 saturated carbocycles. The highest BCUT2D eigenvalue weighted by atomic mass is 19.3. The van der Waals surface area contributed by atoms with Crippen molar-refractivity contribution in [3.05, 3.63) is 23.8 Å². The molecular weight excluding hydrogens is 356 g/mol. The van der Waals surface area contributed by atoms with Crippen LogP contribution < -0.4 is 9.47 Å². The van der Waals surface area contributed by atoms with E-state index in [4.69, 9.17) is 19.0 Å². The first kappa shape index (κ1) is 17.2. The number of rotatable bonds is 5. The molecule has 4 unspecified atom stereocenters. The van der Waals surface area contributed by atoms with Crippen LogP contribution in [0.15, 0.2) is 23.4 Å². The minimum Gasteiger partial charge on any atom is -0.486 e. The molecule has 1 saturated heterocycles. The van der Waals surface area contributed by atoms with E-state index in [1.54, 1.807) is 18.2 Å². The van der Waals surface area contributed by atoms with Crippen molar-refractivity contribution in [2.24, 2.45) is 17.0 Å². The van der Waals surface area contributed by atoms with E-state index in [1.165, 1.54) is 12.8 Å². The molecule has 1 spiro atoms. The standard InChI is InChI=1S/C20H23F2NO4/c21-19(22)26-16-4-3-13(15-10-20(27-23-15)5-6-24-11-20)9-18(16)25-17-8-12-1-2-14(17)7-12/h3-4,9,12,14,17,19H,1-2,5-8,10-11H2. The van der Waals surface area contributed by atoms with Gasteiger partial charge in [-0.2, -0.15) is 8.78 Å². The monoisotopic (exact) mass is 379 g/mol. The molecular formula is C20H23F2NO4. The van der Waals surface area contributed by atoms with Gasteiger partial charge in [-0.1, -0.05) is 5.16 Å². The maximum atomic E-state index is 12.8. The summed E-state index contributed by atoms with van der Waals surface area (Å²) in [5.74, 6) is 1.67. The van der Waals surface area contributed by atoms with Crippen LogP contribution in [0.4, 0.5) is 8.78 Å². The molecule has 5 nitrogen and oxygen atoms in total. The van der Waals surface area contributed by atoms with Crippen LogP contribution in [0.5, 0.6) is 11.5 Å². The molecule has 4 aliphatic rings. The third-order valence-corrected chi connectivity index (χ3v) is 6.35. The second-order valence-corrected chi connectivity index (χ2v) is 8.16. The van der Waals surface area contributed by atoms with Crippen LogP contribution in [-0.4, -0.2) is 37.2 Å². The molecule has 1 aromatic carbocycles. The van der Waals surface area contributed by atoms with Crippen LogP contribution >= 0.6 is 0 Å². The Morgan fingerprint density at radius 1 is 1.19 bits per heavy atom. The van der Waals surface area contributed by atoms with E-state index in [9.17, 15) is 8.78 Å². The average Bonchev–Trinajstić information content (AvgIpc) is 3.43. The van der Waals surface area contributed by atoms with E-state index in [0.29, 0.717) is 37.2 Å². The summed E-state index contributed by atoms with van der Waals surface area (Å²) in [5.41, 5.74) is 1.24. The number of fused-ring (bicyclic) bond motifs is 2. The Kier molecular flexibility index (Phi) is 4.22. The van der Waals surface area contributed by atoms with Gasteiger partial charge in [0, 0.05) is 18.4 Å². The maximum Gasteiger partial charge on any atom is 0.387 e. The van der Waals surface area contributed by atoms with Crippen molar-refractivity contribution < 1.29 is 27.8 Å². The van der Waals surface area contributed by atoms with E-state index in [-0.39, 0.29) is 17.5 Å². The Balaban J connectivity index is 1.38. The lowest BCUT2D eigenvalue weighted by Gasteiger charge is -2.24. The molecule has 1 aromatic rings. The molecule has 146 valence electrons. The van der Waals surface area contributed by atoms with Gasteiger partial charge in [0.15, 0.2) is 17.1 Å². The van der Waals surface area contributed by atoms with Gasteiger partial charge in [-0.25, -0.2) is 0 Å². The van der Waals surface area contributed by atoms with Gasteiger partial charge < -0.3 is 19.0 Å². The third-order valence-electron chi connectivity index (χ3n) is 6.35. The number of benzene rings is 1. The van der Waals surface area contributed by atoms with E-state index >= 15 is 0 Å². The van der Waals surface area contributed by atoms with Crippen LogP contribution in [0.2, 0.25) is 0 Å². The maximum absolute atomic E-state index is 12.8. The lowest BCUT2D eigenvalue weighted by Crippen LogP contribution is -2.29. The number of nitrogens with zero attached hydrogens (tertiary/aromatic N) is 1. The Morgan fingerprint density at radius 2 is 2.11 bits per heavy atom. The summed E-state index contributed by atoms with van der Waals surface area (Å²) in [4.78, 5) is 5.65. The van der Waals surface area contributed by atoms with Crippen molar-refractivity contribution in [3.8, 4) is 11.5 Å². The fraction of sp³-hybridized carbons (Fsp3) is 0.650. The second kappa shape index (κ2) is 6.62.